The summed E-state index contributed by atoms with van der Waals surface area (Å²) in [6.45, 7) is 5.38. The number of alkyl halides is 1. The van der Waals surface area contributed by atoms with Crippen LogP contribution in [-0.2, 0) is 11.3 Å². The summed E-state index contributed by atoms with van der Waals surface area (Å²) >= 11 is 5.90. The fourth-order valence-corrected chi connectivity index (χ4v) is 4.00. The largest absolute Gasteiger partial charge is 0.291 e. The molecule has 2 aromatic heterocycles. The van der Waals surface area contributed by atoms with Crippen LogP contribution >= 0.6 is 11.6 Å². The summed E-state index contributed by atoms with van der Waals surface area (Å²) < 4.78 is 16.6. The number of hydrogen-bond acceptors (Lipinski definition) is 5. The van der Waals surface area contributed by atoms with Crippen molar-refractivity contribution in [2.24, 2.45) is 0 Å². The molecule has 2 heterocycles. The number of carbonyl (C=O) groups is 1. The highest BCUT2D eigenvalue weighted by Crippen LogP contribution is 2.31. The molecule has 0 saturated heterocycles. The van der Waals surface area contributed by atoms with Crippen molar-refractivity contribution in [2.45, 2.75) is 27.3 Å². The average Bonchev–Trinajstić information content (AvgIpc) is 3.29. The van der Waals surface area contributed by atoms with Crippen LogP contribution in [0.4, 0.5) is 10.2 Å². The SMILES string of the molecule is Cc1c(CN(C(=O)CCl)c2nc(C#N)n3cnnc3c2C)c(C)c2ccccc2c1F. The Morgan fingerprint density at radius 3 is 2.58 bits per heavy atom. The van der Waals surface area contributed by atoms with Crippen LogP contribution in [0.5, 0.6) is 0 Å². The first-order chi connectivity index (χ1) is 14.9. The number of aryl methyl sites for hydroxylation is 2. The number of nitrogens with zero attached hydrogens (tertiary/aromatic N) is 6. The summed E-state index contributed by atoms with van der Waals surface area (Å²) in [5.41, 5.74) is 2.95. The summed E-state index contributed by atoms with van der Waals surface area (Å²) in [6, 6.07) is 9.22. The molecule has 0 atom stereocenters. The molecule has 0 radical (unpaired) electrons. The van der Waals surface area contributed by atoms with E-state index in [0.29, 0.717) is 27.7 Å². The van der Waals surface area contributed by atoms with Gasteiger partial charge in [-0.2, -0.15) is 5.26 Å². The fourth-order valence-electron chi connectivity index (χ4n) is 3.85. The Labute approximate surface area is 182 Å². The Balaban J connectivity index is 1.93. The molecular formula is C22H18ClFN6O. The normalized spacial score (nSPS) is 11.1. The van der Waals surface area contributed by atoms with Gasteiger partial charge in [0.05, 0.1) is 6.54 Å². The van der Waals surface area contributed by atoms with E-state index in [9.17, 15) is 10.1 Å². The van der Waals surface area contributed by atoms with Crippen LogP contribution in [0.15, 0.2) is 30.6 Å². The Hall–Kier alpha value is -3.57. The standard InChI is InChI=1S/C22H18ClFN6O/c1-12-15-6-4-5-7-16(15)20(24)13(2)17(12)10-29(19(31)8-23)21-14(3)22-28-26-11-30(22)18(9-25)27-21/h4-7,11H,8,10H2,1-3H3. The predicted molar refractivity (Wildman–Crippen MR) is 116 cm³/mol. The number of nitriles is 1. The summed E-state index contributed by atoms with van der Waals surface area (Å²) in [5, 5.41) is 18.7. The number of benzene rings is 2. The van der Waals surface area contributed by atoms with Gasteiger partial charge in [-0.15, -0.1) is 21.8 Å². The number of rotatable bonds is 4. The summed E-state index contributed by atoms with van der Waals surface area (Å²) in [4.78, 5) is 18.6. The lowest BCUT2D eigenvalue weighted by Crippen LogP contribution is -2.34. The van der Waals surface area contributed by atoms with Gasteiger partial charge in [0.1, 0.15) is 29.9 Å². The van der Waals surface area contributed by atoms with Gasteiger partial charge < -0.3 is 0 Å². The number of anilines is 1. The van der Waals surface area contributed by atoms with Gasteiger partial charge in [0.2, 0.25) is 11.7 Å². The van der Waals surface area contributed by atoms with Gasteiger partial charge in [0.15, 0.2) is 5.65 Å². The minimum atomic E-state index is -0.419. The zero-order chi connectivity index (χ0) is 22.3. The van der Waals surface area contributed by atoms with Crippen LogP contribution in [0.3, 0.4) is 0 Å². The van der Waals surface area contributed by atoms with Crippen LogP contribution in [-0.4, -0.2) is 31.4 Å². The van der Waals surface area contributed by atoms with Gasteiger partial charge >= 0.3 is 0 Å². The Kier molecular flexibility index (Phi) is 5.29. The van der Waals surface area contributed by atoms with Gasteiger partial charge in [-0.25, -0.2) is 9.37 Å². The molecule has 31 heavy (non-hydrogen) atoms. The molecule has 0 aliphatic heterocycles. The maximum absolute atomic E-state index is 15.1. The van der Waals surface area contributed by atoms with Crippen LogP contribution < -0.4 is 4.90 Å². The highest BCUT2D eigenvalue weighted by atomic mass is 35.5. The van der Waals surface area contributed by atoms with Crippen molar-refractivity contribution < 1.29 is 9.18 Å². The van der Waals surface area contributed by atoms with Crippen molar-refractivity contribution in [1.82, 2.24) is 19.6 Å². The van der Waals surface area contributed by atoms with E-state index < -0.39 is 5.91 Å². The molecule has 7 nitrogen and oxygen atoms in total. The number of carbonyl (C=O) groups excluding carboxylic acids is 1. The van der Waals surface area contributed by atoms with Gasteiger partial charge in [-0.3, -0.25) is 14.1 Å². The third-order valence-corrected chi connectivity index (χ3v) is 5.78. The lowest BCUT2D eigenvalue weighted by Gasteiger charge is -2.25. The van der Waals surface area contributed by atoms with Crippen molar-refractivity contribution in [2.75, 3.05) is 10.8 Å². The molecule has 0 saturated carbocycles. The molecule has 0 fully saturated rings. The molecule has 4 aromatic rings. The highest BCUT2D eigenvalue weighted by molar-refractivity contribution is 6.29. The van der Waals surface area contributed by atoms with Gasteiger partial charge in [0, 0.05) is 10.9 Å². The number of hydrogen-bond donors (Lipinski definition) is 0. The molecule has 0 unspecified atom stereocenters. The lowest BCUT2D eigenvalue weighted by atomic mass is 9.94. The van der Waals surface area contributed by atoms with E-state index >= 15 is 4.39 Å². The summed E-state index contributed by atoms with van der Waals surface area (Å²) in [7, 11) is 0. The summed E-state index contributed by atoms with van der Waals surface area (Å²) in [5.74, 6) is -0.766. The fraction of sp³-hybridized carbons (Fsp3) is 0.227. The third kappa shape index (κ3) is 3.27. The van der Waals surface area contributed by atoms with Crippen molar-refractivity contribution in [3.05, 3.63) is 64.5 Å². The van der Waals surface area contributed by atoms with Crippen molar-refractivity contribution in [1.29, 1.82) is 5.26 Å². The van der Waals surface area contributed by atoms with Gasteiger partial charge in [0.25, 0.3) is 0 Å². The Morgan fingerprint density at radius 2 is 1.90 bits per heavy atom. The van der Waals surface area contributed by atoms with Crippen LogP contribution in [0.25, 0.3) is 16.4 Å². The minimum Gasteiger partial charge on any atom is -0.291 e. The molecule has 0 bridgehead atoms. The minimum absolute atomic E-state index is 0.0334. The van der Waals surface area contributed by atoms with Crippen LogP contribution in [0, 0.1) is 37.9 Å². The molecule has 9 heteroatoms. The molecule has 2 aromatic carbocycles. The number of aromatic nitrogens is 4. The van der Waals surface area contributed by atoms with Gasteiger partial charge in [-0.1, -0.05) is 24.3 Å². The molecule has 0 N–H and O–H groups in total. The summed E-state index contributed by atoms with van der Waals surface area (Å²) in [6.07, 6.45) is 1.39. The first-order valence-corrected chi connectivity index (χ1v) is 10.1. The predicted octanol–water partition coefficient (Wildman–Crippen LogP) is 3.99. The van der Waals surface area contributed by atoms with Gasteiger partial charge in [-0.05, 0) is 42.8 Å². The van der Waals surface area contributed by atoms with E-state index in [4.69, 9.17) is 11.6 Å². The number of halogens is 2. The molecule has 156 valence electrons. The lowest BCUT2D eigenvalue weighted by molar-refractivity contribution is -0.116. The second-order valence-corrected chi connectivity index (χ2v) is 7.49. The quantitative estimate of drug-likeness (QED) is 0.451. The van der Waals surface area contributed by atoms with E-state index in [2.05, 4.69) is 15.2 Å². The second kappa shape index (κ2) is 7.93. The Bertz CT molecular complexity index is 1390. The molecular weight excluding hydrogens is 419 g/mol. The highest BCUT2D eigenvalue weighted by Gasteiger charge is 2.25. The van der Waals surface area contributed by atoms with E-state index in [1.807, 2.05) is 25.1 Å². The first-order valence-electron chi connectivity index (χ1n) is 9.52. The smallest absolute Gasteiger partial charge is 0.243 e. The molecule has 4 rings (SSSR count). The van der Waals surface area contributed by atoms with Crippen LogP contribution in [0.1, 0.15) is 28.1 Å². The molecule has 0 aliphatic carbocycles. The topological polar surface area (TPSA) is 87.2 Å². The average molecular weight is 437 g/mol. The number of fused-ring (bicyclic) bond motifs is 2. The number of amides is 1. The maximum Gasteiger partial charge on any atom is 0.243 e. The van der Waals surface area contributed by atoms with Crippen LogP contribution in [0.2, 0.25) is 0 Å². The molecule has 0 spiro atoms. The van der Waals surface area contributed by atoms with Crippen molar-refractivity contribution in [3.8, 4) is 6.07 Å². The third-order valence-electron chi connectivity index (χ3n) is 5.55. The zero-order valence-corrected chi connectivity index (χ0v) is 17.9. The maximum atomic E-state index is 15.1. The van der Waals surface area contributed by atoms with Crippen molar-refractivity contribution >= 4 is 39.7 Å². The van der Waals surface area contributed by atoms with E-state index in [1.54, 1.807) is 26.0 Å². The Morgan fingerprint density at radius 1 is 1.19 bits per heavy atom. The van der Waals surface area contributed by atoms with E-state index in [-0.39, 0.29) is 29.9 Å². The molecule has 1 amide bonds. The monoisotopic (exact) mass is 436 g/mol. The van der Waals surface area contributed by atoms with E-state index in [1.165, 1.54) is 15.6 Å². The van der Waals surface area contributed by atoms with E-state index in [0.717, 1.165) is 10.9 Å². The molecule has 0 aliphatic rings. The van der Waals surface area contributed by atoms with Crippen molar-refractivity contribution in [3.63, 3.8) is 0 Å². The second-order valence-electron chi connectivity index (χ2n) is 7.22. The first kappa shape index (κ1) is 20.7. The zero-order valence-electron chi connectivity index (χ0n) is 17.1.